The van der Waals surface area contributed by atoms with E-state index in [-0.39, 0.29) is 6.04 Å². The van der Waals surface area contributed by atoms with Crippen LogP contribution in [0, 0.1) is 25.7 Å². The number of halogens is 1. The number of hydrogen-bond donors (Lipinski definition) is 1. The second-order valence-electron chi connectivity index (χ2n) is 9.02. The van der Waals surface area contributed by atoms with Crippen molar-refractivity contribution in [1.29, 1.82) is 0 Å². The molecule has 10 heteroatoms. The molecule has 2 bridgehead atoms. The lowest BCUT2D eigenvalue weighted by molar-refractivity contribution is 0.340. The number of nitrogens with zero attached hydrogens (tertiary/aromatic N) is 6. The predicted octanol–water partition coefficient (Wildman–Crippen LogP) is 4.63. The van der Waals surface area contributed by atoms with Crippen molar-refractivity contribution < 1.29 is 9.26 Å². The van der Waals surface area contributed by atoms with Gasteiger partial charge in [0.15, 0.2) is 5.82 Å². The zero-order valence-corrected chi connectivity index (χ0v) is 19.5. The van der Waals surface area contributed by atoms with Crippen LogP contribution >= 0.6 is 11.6 Å². The monoisotopic (exact) mass is 457 g/mol. The highest BCUT2D eigenvalue weighted by Crippen LogP contribution is 2.40. The van der Waals surface area contributed by atoms with Crippen molar-refractivity contribution in [3.05, 3.63) is 34.6 Å². The smallest absolute Gasteiger partial charge is 0.324 e. The first-order valence-electron chi connectivity index (χ1n) is 11.1. The summed E-state index contributed by atoms with van der Waals surface area (Å²) in [6.45, 7) is 9.66. The Morgan fingerprint density at radius 2 is 1.91 bits per heavy atom. The normalized spacial score (nSPS) is 22.6. The third-order valence-electron chi connectivity index (χ3n) is 6.43. The van der Waals surface area contributed by atoms with E-state index in [4.69, 9.17) is 26.0 Å². The van der Waals surface area contributed by atoms with E-state index in [1.165, 1.54) is 0 Å². The summed E-state index contributed by atoms with van der Waals surface area (Å²) in [5, 5.41) is 12.9. The second kappa shape index (κ2) is 8.27. The Labute approximate surface area is 192 Å². The number of aromatic nitrogens is 5. The summed E-state index contributed by atoms with van der Waals surface area (Å²) in [6.07, 6.45) is 2.31. The maximum atomic E-state index is 6.26. The highest BCUT2D eigenvalue weighted by atomic mass is 35.5. The molecular formula is C22H28ClN7O2. The van der Waals surface area contributed by atoms with E-state index in [2.05, 4.69) is 39.2 Å². The maximum Gasteiger partial charge on any atom is 0.324 e. The molecule has 3 atom stereocenters. The molecule has 3 aromatic rings. The topological polar surface area (TPSA) is 94.1 Å². The molecule has 1 N–H and O–H groups in total. The second-order valence-corrected chi connectivity index (χ2v) is 9.43. The number of fused-ring (bicyclic) bond motifs is 2. The number of aryl methyl sites for hydroxylation is 1. The Balaban J connectivity index is 1.34. The van der Waals surface area contributed by atoms with Gasteiger partial charge in [-0.25, -0.2) is 4.68 Å². The SMILES string of the molecule is Cc1noc(N2C[C@H]3CC[C@@H](C2)C3Nc2nc(Oc3cccc(Cl)c3C)n(C(C)C)n2)n1. The molecule has 1 aromatic carbocycles. The summed E-state index contributed by atoms with van der Waals surface area (Å²) >= 11 is 6.26. The molecule has 2 aromatic heterocycles. The third kappa shape index (κ3) is 3.90. The highest BCUT2D eigenvalue weighted by Gasteiger charge is 2.43. The fourth-order valence-electron chi connectivity index (χ4n) is 4.75. The van der Waals surface area contributed by atoms with Crippen LogP contribution in [0.15, 0.2) is 22.7 Å². The Bertz CT molecular complexity index is 1100. The number of rotatable bonds is 6. The Morgan fingerprint density at radius 3 is 2.56 bits per heavy atom. The van der Waals surface area contributed by atoms with Gasteiger partial charge in [0.05, 0.1) is 6.04 Å². The Hall–Kier alpha value is -2.81. The van der Waals surface area contributed by atoms with Crippen molar-refractivity contribution in [2.45, 2.75) is 52.6 Å². The first kappa shape index (κ1) is 21.1. The molecule has 1 saturated heterocycles. The van der Waals surface area contributed by atoms with Crippen LogP contribution in [0.3, 0.4) is 0 Å². The highest BCUT2D eigenvalue weighted by molar-refractivity contribution is 6.31. The molecule has 0 spiro atoms. The zero-order valence-electron chi connectivity index (χ0n) is 18.7. The van der Waals surface area contributed by atoms with Gasteiger partial charge < -0.3 is 19.5 Å². The molecule has 32 heavy (non-hydrogen) atoms. The van der Waals surface area contributed by atoms with Gasteiger partial charge in [-0.05, 0) is 64.5 Å². The van der Waals surface area contributed by atoms with Crippen LogP contribution in [0.5, 0.6) is 11.8 Å². The summed E-state index contributed by atoms with van der Waals surface area (Å²) in [7, 11) is 0. The molecule has 3 heterocycles. The van der Waals surface area contributed by atoms with Crippen molar-refractivity contribution >= 4 is 23.6 Å². The molecule has 9 nitrogen and oxygen atoms in total. The van der Waals surface area contributed by atoms with Crippen molar-refractivity contribution in [2.24, 2.45) is 11.8 Å². The van der Waals surface area contributed by atoms with Crippen molar-refractivity contribution in [1.82, 2.24) is 24.9 Å². The molecule has 170 valence electrons. The third-order valence-corrected chi connectivity index (χ3v) is 6.83. The lowest BCUT2D eigenvalue weighted by Gasteiger charge is -2.37. The summed E-state index contributed by atoms with van der Waals surface area (Å²) < 4.78 is 13.3. The van der Waals surface area contributed by atoms with Crippen LogP contribution in [0.1, 0.15) is 44.1 Å². The number of hydrogen-bond acceptors (Lipinski definition) is 8. The van der Waals surface area contributed by atoms with Crippen LogP contribution < -0.4 is 15.0 Å². The Kier molecular flexibility index (Phi) is 5.44. The van der Waals surface area contributed by atoms with Crippen LogP contribution in [0.2, 0.25) is 5.02 Å². The van der Waals surface area contributed by atoms with Gasteiger partial charge in [-0.1, -0.05) is 22.8 Å². The maximum absolute atomic E-state index is 6.26. The minimum atomic E-state index is 0.104. The first-order chi connectivity index (χ1) is 15.4. The fraction of sp³-hybridized carbons (Fsp3) is 0.545. The quantitative estimate of drug-likeness (QED) is 0.572. The number of ether oxygens (including phenoxy) is 1. The van der Waals surface area contributed by atoms with Crippen molar-refractivity contribution in [2.75, 3.05) is 23.3 Å². The lowest BCUT2D eigenvalue weighted by Crippen LogP contribution is -2.48. The fourth-order valence-corrected chi connectivity index (χ4v) is 4.92. The number of anilines is 2. The predicted molar refractivity (Wildman–Crippen MR) is 122 cm³/mol. The molecule has 1 aliphatic carbocycles. The van der Waals surface area contributed by atoms with E-state index in [1.807, 2.05) is 32.0 Å². The minimum absolute atomic E-state index is 0.104. The molecule has 0 amide bonds. The minimum Gasteiger partial charge on any atom is -0.424 e. The standard InChI is InChI=1S/C22H28ClN7O2/c1-12(2)30-22(31-18-7-5-6-17(23)13(18)3)26-20(27-30)25-19-15-8-9-16(19)11-29(10-15)21-24-14(4)28-32-21/h5-7,12,15-16,19H,8-11H2,1-4H3,(H,25,27)/t15-,16+,19?. The summed E-state index contributed by atoms with van der Waals surface area (Å²) in [5.41, 5.74) is 0.878. The number of piperidine rings is 1. The van der Waals surface area contributed by atoms with Crippen LogP contribution in [-0.4, -0.2) is 44.0 Å². The van der Waals surface area contributed by atoms with Gasteiger partial charge in [0.1, 0.15) is 5.75 Å². The molecule has 5 rings (SSSR count). The number of benzene rings is 1. The molecule has 2 fully saturated rings. The van der Waals surface area contributed by atoms with Crippen LogP contribution in [0.25, 0.3) is 0 Å². The van der Waals surface area contributed by atoms with Crippen LogP contribution in [-0.2, 0) is 0 Å². The lowest BCUT2D eigenvalue weighted by atomic mass is 9.92. The van der Waals surface area contributed by atoms with Gasteiger partial charge in [-0.2, -0.15) is 9.97 Å². The molecular weight excluding hydrogens is 430 g/mol. The van der Waals surface area contributed by atoms with Gasteiger partial charge >= 0.3 is 12.0 Å². The summed E-state index contributed by atoms with van der Waals surface area (Å²) in [5.74, 6) is 2.87. The Morgan fingerprint density at radius 1 is 1.16 bits per heavy atom. The number of nitrogens with one attached hydrogen (secondary N) is 1. The average molecular weight is 458 g/mol. The van der Waals surface area contributed by atoms with Gasteiger partial charge in [-0.15, -0.1) is 5.10 Å². The summed E-state index contributed by atoms with van der Waals surface area (Å²) in [6, 6.07) is 7.10. The van der Waals surface area contributed by atoms with Gasteiger partial charge in [-0.3, -0.25) is 0 Å². The van der Waals surface area contributed by atoms with Gasteiger partial charge in [0, 0.05) is 29.7 Å². The zero-order chi connectivity index (χ0) is 22.4. The molecule has 1 unspecified atom stereocenters. The van der Waals surface area contributed by atoms with E-state index >= 15 is 0 Å². The van der Waals surface area contributed by atoms with Crippen LogP contribution in [0.4, 0.5) is 12.0 Å². The molecule has 1 saturated carbocycles. The van der Waals surface area contributed by atoms with Crippen molar-refractivity contribution in [3.8, 4) is 11.8 Å². The molecule has 2 aliphatic rings. The van der Waals surface area contributed by atoms with E-state index in [1.54, 1.807) is 4.68 Å². The van der Waals surface area contributed by atoms with E-state index in [9.17, 15) is 0 Å². The largest absolute Gasteiger partial charge is 0.424 e. The van der Waals surface area contributed by atoms with E-state index in [0.29, 0.717) is 52.4 Å². The van der Waals surface area contributed by atoms with Gasteiger partial charge in [0.25, 0.3) is 0 Å². The first-order valence-corrected chi connectivity index (χ1v) is 11.5. The molecule has 0 radical (unpaired) electrons. The summed E-state index contributed by atoms with van der Waals surface area (Å²) in [4.78, 5) is 11.3. The van der Waals surface area contributed by atoms with E-state index in [0.717, 1.165) is 31.5 Å². The van der Waals surface area contributed by atoms with Gasteiger partial charge in [0.2, 0.25) is 5.95 Å². The van der Waals surface area contributed by atoms with Crippen molar-refractivity contribution in [3.63, 3.8) is 0 Å². The molecule has 1 aliphatic heterocycles. The van der Waals surface area contributed by atoms with E-state index < -0.39 is 0 Å². The average Bonchev–Trinajstić information content (AvgIpc) is 3.42.